The van der Waals surface area contributed by atoms with E-state index in [2.05, 4.69) is 15.5 Å². The van der Waals surface area contributed by atoms with Gasteiger partial charge in [0.05, 0.1) is 11.8 Å². The summed E-state index contributed by atoms with van der Waals surface area (Å²) in [5, 5.41) is 17.9. The van der Waals surface area contributed by atoms with E-state index in [0.717, 1.165) is 12.8 Å². The monoisotopic (exact) mass is 223 g/mol. The number of aromatic amines is 1. The van der Waals surface area contributed by atoms with E-state index in [4.69, 9.17) is 0 Å². The molecular weight excluding hydrogens is 210 g/mol. The normalized spacial score (nSPS) is 18.2. The molecule has 3 N–H and O–H groups in total. The number of hydrogen-bond donors (Lipinski definition) is 3. The van der Waals surface area contributed by atoms with Crippen molar-refractivity contribution in [3.8, 4) is 0 Å². The van der Waals surface area contributed by atoms with E-state index >= 15 is 0 Å². The van der Waals surface area contributed by atoms with E-state index in [1.54, 1.807) is 0 Å². The van der Waals surface area contributed by atoms with Crippen LogP contribution in [0.1, 0.15) is 36.0 Å². The molecule has 6 nitrogen and oxygen atoms in total. The summed E-state index contributed by atoms with van der Waals surface area (Å²) in [6.45, 7) is 0. The maximum atomic E-state index is 11.7. The minimum absolute atomic E-state index is 0.354. The van der Waals surface area contributed by atoms with Crippen molar-refractivity contribution in [2.45, 2.75) is 31.2 Å². The molecule has 16 heavy (non-hydrogen) atoms. The number of hydrogen-bond acceptors (Lipinski definition) is 3. The average Bonchev–Trinajstić information content (AvgIpc) is 2.88. The van der Waals surface area contributed by atoms with Gasteiger partial charge in [-0.25, -0.2) is 4.79 Å². The maximum Gasteiger partial charge on any atom is 0.329 e. The second kappa shape index (κ2) is 3.96. The van der Waals surface area contributed by atoms with Gasteiger partial charge in [0.25, 0.3) is 5.91 Å². The summed E-state index contributed by atoms with van der Waals surface area (Å²) in [5.74, 6) is -1.35. The lowest BCUT2D eigenvalue weighted by Gasteiger charge is -2.24. The summed E-state index contributed by atoms with van der Waals surface area (Å²) in [5.41, 5.74) is -0.735. The van der Waals surface area contributed by atoms with Gasteiger partial charge in [-0.1, -0.05) is 12.8 Å². The number of carbonyl (C=O) groups excluding carboxylic acids is 1. The Kier molecular flexibility index (Phi) is 2.64. The molecule has 0 aromatic carbocycles. The molecule has 1 heterocycles. The first-order chi connectivity index (χ1) is 7.64. The highest BCUT2D eigenvalue weighted by Gasteiger charge is 2.42. The molecule has 0 spiro atoms. The van der Waals surface area contributed by atoms with E-state index < -0.39 is 17.4 Å². The minimum atomic E-state index is -1.09. The lowest BCUT2D eigenvalue weighted by molar-refractivity contribution is -0.144. The first kappa shape index (κ1) is 10.7. The van der Waals surface area contributed by atoms with Gasteiger partial charge in [-0.15, -0.1) is 0 Å². The predicted octanol–water partition coefficient (Wildman–Crippen LogP) is 0.537. The van der Waals surface area contributed by atoms with E-state index in [9.17, 15) is 14.7 Å². The largest absolute Gasteiger partial charge is 0.480 e. The van der Waals surface area contributed by atoms with E-state index in [1.165, 1.54) is 12.4 Å². The molecule has 1 aliphatic carbocycles. The highest BCUT2D eigenvalue weighted by molar-refractivity contribution is 5.97. The summed E-state index contributed by atoms with van der Waals surface area (Å²) in [6.07, 6.45) is 5.47. The Hall–Kier alpha value is -1.85. The van der Waals surface area contributed by atoms with Crippen LogP contribution in [0.4, 0.5) is 0 Å². The number of carboxylic acids is 1. The quantitative estimate of drug-likeness (QED) is 0.696. The Labute approximate surface area is 92.0 Å². The molecule has 1 aromatic heterocycles. The predicted molar refractivity (Wildman–Crippen MR) is 54.9 cm³/mol. The minimum Gasteiger partial charge on any atom is -0.480 e. The number of amides is 1. The fraction of sp³-hybridized carbons (Fsp3) is 0.500. The second-order valence-corrected chi connectivity index (χ2v) is 4.04. The van der Waals surface area contributed by atoms with Gasteiger partial charge in [0.2, 0.25) is 0 Å². The number of carboxylic acid groups (broad SMARTS) is 1. The van der Waals surface area contributed by atoms with Gasteiger partial charge >= 0.3 is 5.97 Å². The standard InChI is InChI=1S/C10H13N3O3/c14-8(7-5-11-12-6-7)13-10(9(15)16)3-1-2-4-10/h5-6H,1-4H2,(H,11,12)(H,13,14)(H,15,16). The highest BCUT2D eigenvalue weighted by Crippen LogP contribution is 2.30. The van der Waals surface area contributed by atoms with Gasteiger partial charge in [-0.2, -0.15) is 5.10 Å². The number of carbonyl (C=O) groups is 2. The summed E-state index contributed by atoms with van der Waals surface area (Å²) in [4.78, 5) is 22.9. The first-order valence-electron chi connectivity index (χ1n) is 5.19. The number of nitrogens with one attached hydrogen (secondary N) is 2. The van der Waals surface area contributed by atoms with Gasteiger partial charge in [0.1, 0.15) is 5.54 Å². The molecule has 1 aliphatic rings. The van der Waals surface area contributed by atoms with Crippen LogP contribution in [-0.2, 0) is 4.79 Å². The van der Waals surface area contributed by atoms with Crippen molar-refractivity contribution in [2.24, 2.45) is 0 Å². The lowest BCUT2D eigenvalue weighted by atomic mass is 9.97. The maximum absolute atomic E-state index is 11.7. The summed E-state index contributed by atoms with van der Waals surface area (Å²) < 4.78 is 0. The number of rotatable bonds is 3. The van der Waals surface area contributed by atoms with Gasteiger partial charge < -0.3 is 10.4 Å². The Morgan fingerprint density at radius 1 is 1.44 bits per heavy atom. The molecule has 1 fully saturated rings. The van der Waals surface area contributed by atoms with Crippen molar-refractivity contribution in [3.05, 3.63) is 18.0 Å². The third-order valence-electron chi connectivity index (χ3n) is 2.98. The Bertz CT molecular complexity index is 393. The molecule has 0 bridgehead atoms. The fourth-order valence-electron chi connectivity index (χ4n) is 2.04. The van der Waals surface area contributed by atoms with Crippen molar-refractivity contribution in [1.82, 2.24) is 15.5 Å². The molecule has 0 unspecified atom stereocenters. The van der Waals surface area contributed by atoms with Crippen LogP contribution < -0.4 is 5.32 Å². The number of aliphatic carboxylic acids is 1. The van der Waals surface area contributed by atoms with E-state index in [0.29, 0.717) is 18.4 Å². The van der Waals surface area contributed by atoms with Crippen molar-refractivity contribution in [1.29, 1.82) is 0 Å². The van der Waals surface area contributed by atoms with Gasteiger partial charge in [-0.3, -0.25) is 9.89 Å². The molecule has 0 saturated heterocycles. The summed E-state index contributed by atoms with van der Waals surface area (Å²) >= 11 is 0. The molecule has 1 amide bonds. The zero-order valence-electron chi connectivity index (χ0n) is 8.69. The molecule has 0 radical (unpaired) electrons. The van der Waals surface area contributed by atoms with Crippen LogP contribution in [0, 0.1) is 0 Å². The molecular formula is C10H13N3O3. The van der Waals surface area contributed by atoms with Crippen LogP contribution in [-0.4, -0.2) is 32.7 Å². The zero-order chi connectivity index (χ0) is 11.6. The van der Waals surface area contributed by atoms with Crippen LogP contribution in [0.15, 0.2) is 12.4 Å². The first-order valence-corrected chi connectivity index (χ1v) is 5.19. The smallest absolute Gasteiger partial charge is 0.329 e. The second-order valence-electron chi connectivity index (χ2n) is 4.04. The molecule has 86 valence electrons. The highest BCUT2D eigenvalue weighted by atomic mass is 16.4. The van der Waals surface area contributed by atoms with E-state index in [-0.39, 0.29) is 0 Å². The molecule has 6 heteroatoms. The lowest BCUT2D eigenvalue weighted by Crippen LogP contribution is -2.52. The van der Waals surface area contributed by atoms with Gasteiger partial charge in [-0.05, 0) is 12.8 Å². The Balaban J connectivity index is 2.13. The van der Waals surface area contributed by atoms with Crippen molar-refractivity contribution >= 4 is 11.9 Å². The zero-order valence-corrected chi connectivity index (χ0v) is 8.69. The molecule has 1 aromatic rings. The van der Waals surface area contributed by atoms with Crippen molar-refractivity contribution in [3.63, 3.8) is 0 Å². The van der Waals surface area contributed by atoms with Gasteiger partial charge in [0.15, 0.2) is 0 Å². The third-order valence-corrected chi connectivity index (χ3v) is 2.98. The SMILES string of the molecule is O=C(NC1(C(=O)O)CCCC1)c1cn[nH]c1. The fourth-order valence-corrected chi connectivity index (χ4v) is 2.04. The number of nitrogens with zero attached hydrogens (tertiary/aromatic N) is 1. The van der Waals surface area contributed by atoms with Gasteiger partial charge in [0, 0.05) is 6.20 Å². The third kappa shape index (κ3) is 1.78. The Morgan fingerprint density at radius 3 is 2.62 bits per heavy atom. The van der Waals surface area contributed by atoms with Crippen molar-refractivity contribution < 1.29 is 14.7 Å². The van der Waals surface area contributed by atoms with Crippen LogP contribution in [0.3, 0.4) is 0 Å². The van der Waals surface area contributed by atoms with E-state index in [1.807, 2.05) is 0 Å². The average molecular weight is 223 g/mol. The van der Waals surface area contributed by atoms with Crippen LogP contribution in [0.5, 0.6) is 0 Å². The Morgan fingerprint density at radius 2 is 2.12 bits per heavy atom. The van der Waals surface area contributed by atoms with Crippen LogP contribution in [0.2, 0.25) is 0 Å². The topological polar surface area (TPSA) is 95.1 Å². The molecule has 2 rings (SSSR count). The van der Waals surface area contributed by atoms with Crippen LogP contribution >= 0.6 is 0 Å². The molecule has 0 atom stereocenters. The molecule has 1 saturated carbocycles. The van der Waals surface area contributed by atoms with Crippen molar-refractivity contribution in [2.75, 3.05) is 0 Å². The van der Waals surface area contributed by atoms with Crippen LogP contribution in [0.25, 0.3) is 0 Å². The summed E-state index contributed by atoms with van der Waals surface area (Å²) in [6, 6.07) is 0. The summed E-state index contributed by atoms with van der Waals surface area (Å²) in [7, 11) is 0. The number of H-pyrrole nitrogens is 1. The number of aromatic nitrogens is 2. The molecule has 0 aliphatic heterocycles.